The molecule has 1 aliphatic rings. The van der Waals surface area contributed by atoms with Crippen LogP contribution in [0.2, 0.25) is 0 Å². The predicted octanol–water partition coefficient (Wildman–Crippen LogP) is 1.31. The molecule has 5 nitrogen and oxygen atoms in total. The van der Waals surface area contributed by atoms with Gasteiger partial charge >= 0.3 is 0 Å². The number of nitrogen functional groups attached to an aromatic ring is 1. The zero-order chi connectivity index (χ0) is 13.8. The molecular formula is C14H21N5. The summed E-state index contributed by atoms with van der Waals surface area (Å²) in [5.74, 6) is 1.41. The van der Waals surface area contributed by atoms with Crippen LogP contribution >= 0.6 is 0 Å². The van der Waals surface area contributed by atoms with Gasteiger partial charge in [0, 0.05) is 13.6 Å². The third-order valence-corrected chi connectivity index (χ3v) is 3.74. The molecular weight excluding hydrogens is 238 g/mol. The average Bonchev–Trinajstić information content (AvgIpc) is 2.41. The summed E-state index contributed by atoms with van der Waals surface area (Å²) in [5, 5.41) is 9.15. The van der Waals surface area contributed by atoms with Crippen LogP contribution in [0.5, 0.6) is 0 Å². The van der Waals surface area contributed by atoms with E-state index in [2.05, 4.69) is 27.9 Å². The molecule has 0 spiro atoms. The summed E-state index contributed by atoms with van der Waals surface area (Å²) >= 11 is 0. The smallest absolute Gasteiger partial charge is 0.146 e. The number of nitrogens with zero attached hydrogens (tertiary/aromatic N) is 4. The first-order valence-corrected chi connectivity index (χ1v) is 6.65. The Morgan fingerprint density at radius 2 is 2.21 bits per heavy atom. The molecule has 0 aromatic carbocycles. The van der Waals surface area contributed by atoms with Crippen molar-refractivity contribution in [1.82, 2.24) is 9.88 Å². The van der Waals surface area contributed by atoms with Crippen molar-refractivity contribution >= 4 is 11.5 Å². The Bertz CT molecular complexity index is 471. The second kappa shape index (κ2) is 5.89. The minimum absolute atomic E-state index is 0.535. The van der Waals surface area contributed by atoms with Crippen LogP contribution < -0.4 is 10.6 Å². The molecule has 5 heteroatoms. The van der Waals surface area contributed by atoms with Crippen LogP contribution in [0, 0.1) is 17.2 Å². The second-order valence-corrected chi connectivity index (χ2v) is 5.38. The van der Waals surface area contributed by atoms with Gasteiger partial charge in [-0.25, -0.2) is 4.98 Å². The highest BCUT2D eigenvalue weighted by Crippen LogP contribution is 2.22. The molecule has 0 atom stereocenters. The Morgan fingerprint density at radius 1 is 1.53 bits per heavy atom. The zero-order valence-corrected chi connectivity index (χ0v) is 11.6. The van der Waals surface area contributed by atoms with Gasteiger partial charge in [0.25, 0.3) is 0 Å². The highest BCUT2D eigenvalue weighted by atomic mass is 15.2. The fourth-order valence-electron chi connectivity index (χ4n) is 2.58. The normalized spacial score (nSPS) is 17.1. The molecule has 1 aliphatic heterocycles. The predicted molar refractivity (Wildman–Crippen MR) is 76.9 cm³/mol. The van der Waals surface area contributed by atoms with Crippen molar-refractivity contribution < 1.29 is 0 Å². The maximum Gasteiger partial charge on any atom is 0.146 e. The maximum atomic E-state index is 9.15. The van der Waals surface area contributed by atoms with Gasteiger partial charge in [-0.15, -0.1) is 0 Å². The van der Waals surface area contributed by atoms with Crippen LogP contribution in [0.4, 0.5) is 11.5 Å². The van der Waals surface area contributed by atoms with Crippen molar-refractivity contribution in [1.29, 1.82) is 5.26 Å². The van der Waals surface area contributed by atoms with E-state index in [-0.39, 0.29) is 0 Å². The molecule has 0 amide bonds. The first kappa shape index (κ1) is 13.6. The Labute approximate surface area is 114 Å². The molecule has 0 unspecified atom stereocenters. The Hall–Kier alpha value is -1.80. The van der Waals surface area contributed by atoms with Gasteiger partial charge in [-0.1, -0.05) is 0 Å². The standard InChI is InChI=1S/C14H21N5/c1-18-5-3-11(4-6-18)10-19(2)14-12(8-15)7-13(16)9-17-14/h7,9,11H,3-6,10,16H2,1-2H3. The van der Waals surface area contributed by atoms with Crippen LogP contribution in [-0.2, 0) is 0 Å². The first-order valence-electron chi connectivity index (χ1n) is 6.65. The van der Waals surface area contributed by atoms with E-state index in [1.54, 1.807) is 12.3 Å². The largest absolute Gasteiger partial charge is 0.397 e. The first-order chi connectivity index (χ1) is 9.10. The lowest BCUT2D eigenvalue weighted by molar-refractivity contribution is 0.222. The van der Waals surface area contributed by atoms with Crippen molar-refractivity contribution in [3.8, 4) is 6.07 Å². The van der Waals surface area contributed by atoms with E-state index >= 15 is 0 Å². The summed E-state index contributed by atoms with van der Waals surface area (Å²) in [6.45, 7) is 3.25. The number of hydrogen-bond acceptors (Lipinski definition) is 5. The van der Waals surface area contributed by atoms with Gasteiger partial charge in [-0.2, -0.15) is 5.26 Å². The minimum Gasteiger partial charge on any atom is -0.397 e. The van der Waals surface area contributed by atoms with Crippen LogP contribution in [0.25, 0.3) is 0 Å². The van der Waals surface area contributed by atoms with Gasteiger partial charge in [-0.05, 0) is 45.0 Å². The number of anilines is 2. The van der Waals surface area contributed by atoms with Crippen molar-refractivity contribution in [2.45, 2.75) is 12.8 Å². The van der Waals surface area contributed by atoms with Crippen molar-refractivity contribution in [3.05, 3.63) is 17.8 Å². The van der Waals surface area contributed by atoms with E-state index in [1.165, 1.54) is 12.8 Å². The number of nitrogens with two attached hydrogens (primary N) is 1. The quantitative estimate of drug-likeness (QED) is 0.886. The maximum absolute atomic E-state index is 9.15. The third-order valence-electron chi connectivity index (χ3n) is 3.74. The molecule has 0 radical (unpaired) electrons. The number of hydrogen-bond donors (Lipinski definition) is 1. The number of nitriles is 1. The summed E-state index contributed by atoms with van der Waals surface area (Å²) < 4.78 is 0. The fraction of sp³-hybridized carbons (Fsp3) is 0.571. The fourth-order valence-corrected chi connectivity index (χ4v) is 2.58. The monoisotopic (exact) mass is 259 g/mol. The van der Waals surface area contributed by atoms with Gasteiger partial charge in [0.2, 0.25) is 0 Å². The van der Waals surface area contributed by atoms with Gasteiger partial charge in [0.05, 0.1) is 17.4 Å². The van der Waals surface area contributed by atoms with Crippen molar-refractivity contribution in [3.63, 3.8) is 0 Å². The molecule has 2 rings (SSSR count). The number of piperidine rings is 1. The molecule has 19 heavy (non-hydrogen) atoms. The molecule has 1 fully saturated rings. The highest BCUT2D eigenvalue weighted by molar-refractivity contribution is 5.58. The summed E-state index contributed by atoms with van der Waals surface area (Å²) in [6, 6.07) is 3.86. The highest BCUT2D eigenvalue weighted by Gasteiger charge is 2.19. The SMILES string of the molecule is CN1CCC(CN(C)c2ncc(N)cc2C#N)CC1. The molecule has 102 valence electrons. The topological polar surface area (TPSA) is 69.2 Å². The van der Waals surface area contributed by atoms with Gasteiger partial charge in [-0.3, -0.25) is 0 Å². The van der Waals surface area contributed by atoms with Gasteiger partial charge in [0.1, 0.15) is 11.9 Å². The number of rotatable bonds is 3. The van der Waals surface area contributed by atoms with E-state index in [4.69, 9.17) is 11.0 Å². The lowest BCUT2D eigenvalue weighted by Crippen LogP contribution is -2.36. The molecule has 2 heterocycles. The van der Waals surface area contributed by atoms with Crippen LogP contribution in [0.3, 0.4) is 0 Å². The molecule has 1 aromatic rings. The van der Waals surface area contributed by atoms with E-state index in [9.17, 15) is 0 Å². The van der Waals surface area contributed by atoms with Crippen LogP contribution in [0.15, 0.2) is 12.3 Å². The van der Waals surface area contributed by atoms with E-state index in [1.807, 2.05) is 7.05 Å². The van der Waals surface area contributed by atoms with E-state index in [0.717, 1.165) is 25.5 Å². The second-order valence-electron chi connectivity index (χ2n) is 5.38. The Kier molecular flexibility index (Phi) is 4.23. The summed E-state index contributed by atoms with van der Waals surface area (Å²) in [5.41, 5.74) is 6.75. The van der Waals surface area contributed by atoms with E-state index in [0.29, 0.717) is 17.2 Å². The molecule has 0 aliphatic carbocycles. The summed E-state index contributed by atoms with van der Waals surface area (Å²) in [6.07, 6.45) is 4.02. The van der Waals surface area contributed by atoms with Crippen LogP contribution in [-0.4, -0.2) is 43.6 Å². The summed E-state index contributed by atoms with van der Waals surface area (Å²) in [7, 11) is 4.16. The van der Waals surface area contributed by atoms with Crippen molar-refractivity contribution in [2.24, 2.45) is 5.92 Å². The van der Waals surface area contributed by atoms with E-state index < -0.39 is 0 Å². The molecule has 2 N–H and O–H groups in total. The van der Waals surface area contributed by atoms with Crippen molar-refractivity contribution in [2.75, 3.05) is 44.4 Å². The number of pyridine rings is 1. The molecule has 1 saturated heterocycles. The Morgan fingerprint density at radius 3 is 2.84 bits per heavy atom. The molecule has 1 aromatic heterocycles. The number of likely N-dealkylation sites (tertiary alicyclic amines) is 1. The molecule has 0 saturated carbocycles. The molecule has 0 bridgehead atoms. The third kappa shape index (κ3) is 3.36. The lowest BCUT2D eigenvalue weighted by atomic mass is 9.96. The lowest BCUT2D eigenvalue weighted by Gasteiger charge is -2.32. The number of aromatic nitrogens is 1. The Balaban J connectivity index is 2.04. The minimum atomic E-state index is 0.535. The average molecular weight is 259 g/mol. The zero-order valence-electron chi connectivity index (χ0n) is 11.6. The van der Waals surface area contributed by atoms with Gasteiger partial charge < -0.3 is 15.5 Å². The van der Waals surface area contributed by atoms with Gasteiger partial charge in [0.15, 0.2) is 0 Å². The van der Waals surface area contributed by atoms with Crippen LogP contribution in [0.1, 0.15) is 18.4 Å². The summed E-state index contributed by atoms with van der Waals surface area (Å²) in [4.78, 5) is 8.73.